The molecule has 0 saturated heterocycles. The molecule has 0 bridgehead atoms. The lowest BCUT2D eigenvalue weighted by Gasteiger charge is -2.23. The average molecular weight is 416 g/mol. The van der Waals surface area contributed by atoms with Crippen LogP contribution in [0.5, 0.6) is 11.5 Å². The molecule has 2 aromatic carbocycles. The van der Waals surface area contributed by atoms with E-state index in [0.29, 0.717) is 29.7 Å². The van der Waals surface area contributed by atoms with Crippen molar-refractivity contribution in [2.75, 3.05) is 13.7 Å². The molecule has 1 aliphatic carbocycles. The van der Waals surface area contributed by atoms with Crippen LogP contribution in [0.4, 0.5) is 0 Å². The molecule has 0 saturated carbocycles. The van der Waals surface area contributed by atoms with Crippen LogP contribution in [0.2, 0.25) is 0 Å². The zero-order chi connectivity index (χ0) is 21.8. The standard InChI is InChI=1S/C26H27NO4/c1-3-4-14-31-22-13-12-17(16-23(22)30-2)15-18-8-7-10-20-24(26(28)29)19-9-5-6-11-21(19)27-25(18)20/h5-6,9,11-13,15-16H,3-4,7-8,10,14H2,1-2H3,(H,28,29)/p-1/b18-15+. The molecule has 0 N–H and O–H groups in total. The second-order valence-electron chi connectivity index (χ2n) is 7.75. The largest absolute Gasteiger partial charge is 0.545 e. The van der Waals surface area contributed by atoms with E-state index in [1.807, 2.05) is 36.4 Å². The predicted molar refractivity (Wildman–Crippen MR) is 120 cm³/mol. The van der Waals surface area contributed by atoms with Crippen molar-refractivity contribution in [1.29, 1.82) is 0 Å². The Labute approximate surface area is 182 Å². The van der Waals surface area contributed by atoms with Gasteiger partial charge < -0.3 is 19.4 Å². The quantitative estimate of drug-likeness (QED) is 0.524. The van der Waals surface area contributed by atoms with E-state index < -0.39 is 5.97 Å². The molecule has 0 radical (unpaired) electrons. The van der Waals surface area contributed by atoms with Crippen LogP contribution in [0.1, 0.15) is 59.8 Å². The topological polar surface area (TPSA) is 71.5 Å². The molecule has 1 aromatic heterocycles. The van der Waals surface area contributed by atoms with E-state index in [9.17, 15) is 9.90 Å². The monoisotopic (exact) mass is 416 g/mol. The number of aromatic carboxylic acids is 1. The molecule has 1 heterocycles. The summed E-state index contributed by atoms with van der Waals surface area (Å²) in [5.41, 5.74) is 4.45. The Morgan fingerprint density at radius 3 is 2.77 bits per heavy atom. The lowest BCUT2D eigenvalue weighted by molar-refractivity contribution is -0.254. The molecule has 5 heteroatoms. The number of fused-ring (bicyclic) bond motifs is 2. The van der Waals surface area contributed by atoms with Gasteiger partial charge in [-0.25, -0.2) is 4.98 Å². The van der Waals surface area contributed by atoms with Gasteiger partial charge in [0, 0.05) is 10.9 Å². The lowest BCUT2D eigenvalue weighted by atomic mass is 9.86. The van der Waals surface area contributed by atoms with E-state index >= 15 is 0 Å². The van der Waals surface area contributed by atoms with Crippen molar-refractivity contribution in [2.45, 2.75) is 39.0 Å². The smallest absolute Gasteiger partial charge is 0.161 e. The maximum Gasteiger partial charge on any atom is 0.161 e. The summed E-state index contributed by atoms with van der Waals surface area (Å²) in [4.78, 5) is 16.8. The summed E-state index contributed by atoms with van der Waals surface area (Å²) in [6.45, 7) is 2.78. The van der Waals surface area contributed by atoms with Crippen molar-refractivity contribution >= 4 is 28.5 Å². The number of carbonyl (C=O) groups excluding carboxylic acids is 1. The Balaban J connectivity index is 1.77. The molecule has 0 aliphatic heterocycles. The Morgan fingerprint density at radius 1 is 1.16 bits per heavy atom. The van der Waals surface area contributed by atoms with Crippen molar-refractivity contribution in [1.82, 2.24) is 4.98 Å². The lowest BCUT2D eigenvalue weighted by Crippen LogP contribution is -2.26. The highest BCUT2D eigenvalue weighted by Gasteiger charge is 2.22. The van der Waals surface area contributed by atoms with Gasteiger partial charge in [0.1, 0.15) is 0 Å². The van der Waals surface area contributed by atoms with E-state index in [1.54, 1.807) is 13.2 Å². The van der Waals surface area contributed by atoms with Gasteiger partial charge in [-0.05, 0) is 66.7 Å². The number of nitrogens with zero attached hydrogens (tertiary/aromatic N) is 1. The normalized spacial score (nSPS) is 14.5. The summed E-state index contributed by atoms with van der Waals surface area (Å²) in [5.74, 6) is 0.264. The van der Waals surface area contributed by atoms with Gasteiger partial charge in [0.2, 0.25) is 0 Å². The molecule has 5 nitrogen and oxygen atoms in total. The number of carboxylic acids is 1. The number of hydrogen-bond donors (Lipinski definition) is 0. The minimum absolute atomic E-state index is 0.267. The number of ether oxygens (including phenoxy) is 2. The Bertz CT molecular complexity index is 1150. The number of aromatic nitrogens is 1. The summed E-state index contributed by atoms with van der Waals surface area (Å²) < 4.78 is 11.4. The molecule has 31 heavy (non-hydrogen) atoms. The van der Waals surface area contributed by atoms with Gasteiger partial charge in [-0.3, -0.25) is 0 Å². The van der Waals surface area contributed by atoms with Crippen LogP contribution in [0, 0.1) is 0 Å². The third-order valence-corrected chi connectivity index (χ3v) is 5.66. The van der Waals surface area contributed by atoms with Crippen LogP contribution >= 0.6 is 0 Å². The van der Waals surface area contributed by atoms with Gasteiger partial charge >= 0.3 is 0 Å². The molecule has 0 spiro atoms. The molecule has 1 aliphatic rings. The Kier molecular flexibility index (Phi) is 6.21. The molecular formula is C26H26NO4-. The SMILES string of the molecule is CCCCOc1ccc(/C=C2\CCCc3c2nc2ccccc2c3C(=O)[O-])cc1OC. The van der Waals surface area contributed by atoms with Gasteiger partial charge in [-0.1, -0.05) is 37.6 Å². The van der Waals surface area contributed by atoms with Gasteiger partial charge in [-0.2, -0.15) is 0 Å². The van der Waals surface area contributed by atoms with E-state index in [1.165, 1.54) is 0 Å². The van der Waals surface area contributed by atoms with Gasteiger partial charge in [-0.15, -0.1) is 0 Å². The fourth-order valence-electron chi connectivity index (χ4n) is 4.13. The van der Waals surface area contributed by atoms with Crippen LogP contribution in [0.3, 0.4) is 0 Å². The molecule has 0 atom stereocenters. The van der Waals surface area contributed by atoms with Gasteiger partial charge in [0.15, 0.2) is 11.5 Å². The summed E-state index contributed by atoms with van der Waals surface area (Å²) >= 11 is 0. The first-order chi connectivity index (χ1) is 15.1. The number of methoxy groups -OCH3 is 1. The fraction of sp³-hybridized carbons (Fsp3) is 0.308. The van der Waals surface area contributed by atoms with Crippen molar-refractivity contribution in [3.05, 3.63) is 64.8 Å². The molecule has 3 aromatic rings. The summed E-state index contributed by atoms with van der Waals surface area (Å²) in [5, 5.41) is 12.6. The van der Waals surface area contributed by atoms with Crippen molar-refractivity contribution in [3.63, 3.8) is 0 Å². The predicted octanol–water partition coefficient (Wildman–Crippen LogP) is 4.66. The number of rotatable bonds is 7. The Hall–Kier alpha value is -3.34. The molecule has 4 rings (SSSR count). The zero-order valence-corrected chi connectivity index (χ0v) is 17.9. The van der Waals surface area contributed by atoms with E-state index in [2.05, 4.69) is 13.0 Å². The summed E-state index contributed by atoms with van der Waals surface area (Å²) in [7, 11) is 1.63. The second-order valence-corrected chi connectivity index (χ2v) is 7.75. The van der Waals surface area contributed by atoms with Crippen molar-refractivity contribution < 1.29 is 19.4 Å². The molecular weight excluding hydrogens is 390 g/mol. The number of benzene rings is 2. The van der Waals surface area contributed by atoms with E-state index in [4.69, 9.17) is 14.5 Å². The highest BCUT2D eigenvalue weighted by atomic mass is 16.5. The molecule has 0 fully saturated rings. The Morgan fingerprint density at radius 2 is 2.00 bits per heavy atom. The number of hydrogen-bond acceptors (Lipinski definition) is 5. The van der Waals surface area contributed by atoms with Crippen LogP contribution < -0.4 is 14.6 Å². The number of carboxylic acid groups (broad SMARTS) is 1. The maximum absolute atomic E-state index is 12.0. The van der Waals surface area contributed by atoms with E-state index in [-0.39, 0.29) is 5.56 Å². The average Bonchev–Trinajstić information content (AvgIpc) is 2.78. The molecule has 0 amide bonds. The summed E-state index contributed by atoms with van der Waals surface area (Å²) in [6.07, 6.45) is 6.52. The molecule has 0 unspecified atom stereocenters. The minimum Gasteiger partial charge on any atom is -0.545 e. The number of unbranched alkanes of at least 4 members (excludes halogenated alkanes) is 1. The van der Waals surface area contributed by atoms with E-state index in [0.717, 1.165) is 53.8 Å². The van der Waals surface area contributed by atoms with Crippen LogP contribution in [-0.2, 0) is 6.42 Å². The third-order valence-electron chi connectivity index (χ3n) is 5.66. The first-order valence-corrected chi connectivity index (χ1v) is 10.8. The number of para-hydroxylation sites is 1. The van der Waals surface area contributed by atoms with Crippen LogP contribution in [0.25, 0.3) is 22.6 Å². The van der Waals surface area contributed by atoms with Crippen molar-refractivity contribution in [3.8, 4) is 11.5 Å². The third kappa shape index (κ3) is 4.26. The number of pyridine rings is 1. The van der Waals surface area contributed by atoms with Crippen LogP contribution in [-0.4, -0.2) is 24.7 Å². The fourth-order valence-corrected chi connectivity index (χ4v) is 4.13. The van der Waals surface area contributed by atoms with Crippen molar-refractivity contribution in [2.24, 2.45) is 0 Å². The first-order valence-electron chi connectivity index (χ1n) is 10.8. The highest BCUT2D eigenvalue weighted by molar-refractivity contribution is 6.05. The maximum atomic E-state index is 12.0. The minimum atomic E-state index is -1.15. The highest BCUT2D eigenvalue weighted by Crippen LogP contribution is 2.37. The first kappa shape index (κ1) is 20.9. The number of allylic oxidation sites excluding steroid dienone is 1. The molecule has 160 valence electrons. The van der Waals surface area contributed by atoms with Crippen LogP contribution in [0.15, 0.2) is 42.5 Å². The number of carbonyl (C=O) groups is 1. The van der Waals surface area contributed by atoms with Gasteiger partial charge in [0.05, 0.1) is 30.9 Å². The second kappa shape index (κ2) is 9.21. The van der Waals surface area contributed by atoms with Gasteiger partial charge in [0.25, 0.3) is 0 Å². The summed E-state index contributed by atoms with van der Waals surface area (Å²) in [6, 6.07) is 13.2. The zero-order valence-electron chi connectivity index (χ0n) is 17.9.